The van der Waals surface area contributed by atoms with Gasteiger partial charge in [-0.1, -0.05) is 0 Å². The van der Waals surface area contributed by atoms with Crippen molar-refractivity contribution in [3.8, 4) is 5.75 Å². The Morgan fingerprint density at radius 1 is 1.29 bits per heavy atom. The molecule has 6 nitrogen and oxygen atoms in total. The van der Waals surface area contributed by atoms with Crippen LogP contribution in [0.3, 0.4) is 0 Å². The van der Waals surface area contributed by atoms with Crippen molar-refractivity contribution in [2.75, 3.05) is 32.2 Å². The molecule has 0 saturated carbocycles. The van der Waals surface area contributed by atoms with Crippen LogP contribution >= 0.6 is 0 Å². The molecule has 0 atom stereocenters. The molecule has 0 aliphatic rings. The fourth-order valence-electron chi connectivity index (χ4n) is 1.17. The molecule has 1 rings (SSSR count). The van der Waals surface area contributed by atoms with Crippen molar-refractivity contribution < 1.29 is 24.5 Å². The summed E-state index contributed by atoms with van der Waals surface area (Å²) in [6.07, 6.45) is 0. The summed E-state index contributed by atoms with van der Waals surface area (Å²) in [5.41, 5.74) is 6.12. The van der Waals surface area contributed by atoms with Crippen LogP contribution in [0.5, 0.6) is 5.75 Å². The first-order chi connectivity index (χ1) is 8.15. The van der Waals surface area contributed by atoms with E-state index in [0.717, 1.165) is 0 Å². The number of carboxylic acid groups (broad SMARTS) is 1. The Kier molecular flexibility index (Phi) is 5.25. The number of carbonyl (C=O) groups is 1. The van der Waals surface area contributed by atoms with Gasteiger partial charge in [-0.2, -0.15) is 0 Å². The summed E-state index contributed by atoms with van der Waals surface area (Å²) in [7, 11) is 0. The summed E-state index contributed by atoms with van der Waals surface area (Å²) in [6.45, 7) is 0.745. The lowest BCUT2D eigenvalue weighted by molar-refractivity contribution is 0.0687. The van der Waals surface area contributed by atoms with Gasteiger partial charge in [0.2, 0.25) is 0 Å². The van der Waals surface area contributed by atoms with E-state index in [2.05, 4.69) is 0 Å². The lowest BCUT2D eigenvalue weighted by atomic mass is 10.2. The molecule has 0 radical (unpaired) electrons. The van der Waals surface area contributed by atoms with Crippen LogP contribution in [0.1, 0.15) is 10.4 Å². The molecule has 0 aromatic heterocycles. The number of nitrogen functional groups attached to an aromatic ring is 1. The third-order valence-electron chi connectivity index (χ3n) is 1.98. The van der Waals surface area contributed by atoms with Gasteiger partial charge in [0, 0.05) is 0 Å². The smallest absolute Gasteiger partial charge is 0.335 e. The lowest BCUT2D eigenvalue weighted by Crippen LogP contribution is -2.10. The normalized spacial score (nSPS) is 10.2. The van der Waals surface area contributed by atoms with Gasteiger partial charge >= 0.3 is 5.97 Å². The number of benzene rings is 1. The van der Waals surface area contributed by atoms with Crippen LogP contribution in [-0.2, 0) is 4.74 Å². The second-order valence-corrected chi connectivity index (χ2v) is 3.24. The highest BCUT2D eigenvalue weighted by molar-refractivity contribution is 5.89. The maximum Gasteiger partial charge on any atom is 0.335 e. The summed E-state index contributed by atoms with van der Waals surface area (Å²) in [6, 6.07) is 4.25. The topological polar surface area (TPSA) is 102 Å². The highest BCUT2D eigenvalue weighted by Crippen LogP contribution is 2.22. The molecule has 0 aliphatic heterocycles. The Morgan fingerprint density at radius 3 is 2.71 bits per heavy atom. The number of aromatic carboxylic acids is 1. The van der Waals surface area contributed by atoms with Gasteiger partial charge in [-0.15, -0.1) is 0 Å². The second-order valence-electron chi connectivity index (χ2n) is 3.24. The van der Waals surface area contributed by atoms with Gasteiger partial charge in [-0.05, 0) is 18.2 Å². The first-order valence-electron chi connectivity index (χ1n) is 5.09. The van der Waals surface area contributed by atoms with E-state index in [1.54, 1.807) is 0 Å². The molecule has 0 unspecified atom stereocenters. The zero-order valence-electron chi connectivity index (χ0n) is 9.26. The van der Waals surface area contributed by atoms with E-state index < -0.39 is 5.97 Å². The van der Waals surface area contributed by atoms with E-state index in [-0.39, 0.29) is 25.4 Å². The van der Waals surface area contributed by atoms with Crippen molar-refractivity contribution in [1.29, 1.82) is 0 Å². The molecule has 1 aromatic rings. The quantitative estimate of drug-likeness (QED) is 0.470. The predicted octanol–water partition coefficient (Wildman–Crippen LogP) is 0.355. The zero-order valence-corrected chi connectivity index (χ0v) is 9.26. The Hall–Kier alpha value is -1.79. The minimum Gasteiger partial charge on any atom is -0.489 e. The monoisotopic (exact) mass is 241 g/mol. The maximum absolute atomic E-state index is 10.7. The summed E-state index contributed by atoms with van der Waals surface area (Å²) < 4.78 is 10.3. The average molecular weight is 241 g/mol. The molecule has 4 N–H and O–H groups in total. The largest absolute Gasteiger partial charge is 0.489 e. The van der Waals surface area contributed by atoms with Crippen LogP contribution < -0.4 is 10.5 Å². The van der Waals surface area contributed by atoms with Crippen molar-refractivity contribution in [3.05, 3.63) is 23.8 Å². The SMILES string of the molecule is Nc1ccc(C(=O)O)cc1OCCOCCO. The van der Waals surface area contributed by atoms with Crippen LogP contribution in [0.2, 0.25) is 0 Å². The van der Waals surface area contributed by atoms with E-state index in [1.165, 1.54) is 18.2 Å². The number of hydrogen-bond donors (Lipinski definition) is 3. The third-order valence-corrected chi connectivity index (χ3v) is 1.98. The summed E-state index contributed by atoms with van der Waals surface area (Å²) in [5.74, 6) is -0.719. The molecule has 0 amide bonds. The van der Waals surface area contributed by atoms with Gasteiger partial charge in [-0.25, -0.2) is 4.79 Å². The fourth-order valence-corrected chi connectivity index (χ4v) is 1.17. The van der Waals surface area contributed by atoms with E-state index in [9.17, 15) is 4.79 Å². The summed E-state index contributed by atoms with van der Waals surface area (Å²) in [4.78, 5) is 10.7. The Morgan fingerprint density at radius 2 is 2.06 bits per heavy atom. The zero-order chi connectivity index (χ0) is 12.7. The Labute approximate surface area is 98.6 Å². The van der Waals surface area contributed by atoms with Crippen molar-refractivity contribution in [1.82, 2.24) is 0 Å². The van der Waals surface area contributed by atoms with Crippen LogP contribution in [0.15, 0.2) is 18.2 Å². The van der Waals surface area contributed by atoms with Gasteiger partial charge in [-0.3, -0.25) is 0 Å². The number of nitrogens with two attached hydrogens (primary N) is 1. The second kappa shape index (κ2) is 6.72. The van der Waals surface area contributed by atoms with Crippen LogP contribution in [0.25, 0.3) is 0 Å². The minimum absolute atomic E-state index is 0.0450. The number of aliphatic hydroxyl groups is 1. The van der Waals surface area contributed by atoms with Crippen molar-refractivity contribution in [3.63, 3.8) is 0 Å². The van der Waals surface area contributed by atoms with E-state index in [4.69, 9.17) is 25.4 Å². The highest BCUT2D eigenvalue weighted by atomic mass is 16.5. The molecular formula is C11H15NO5. The van der Waals surface area contributed by atoms with Crippen molar-refractivity contribution in [2.45, 2.75) is 0 Å². The van der Waals surface area contributed by atoms with E-state index in [1.807, 2.05) is 0 Å². The molecule has 94 valence electrons. The molecule has 0 spiro atoms. The molecule has 0 heterocycles. The first kappa shape index (κ1) is 13.3. The standard InChI is InChI=1S/C11H15NO5/c12-9-2-1-8(11(14)15)7-10(9)17-6-5-16-4-3-13/h1-2,7,13H,3-6,12H2,(H,14,15). The fraction of sp³-hybridized carbons (Fsp3) is 0.364. The van der Waals surface area contributed by atoms with Gasteiger partial charge in [0.05, 0.1) is 31.1 Å². The van der Waals surface area contributed by atoms with Gasteiger partial charge in [0.25, 0.3) is 0 Å². The van der Waals surface area contributed by atoms with Gasteiger partial charge in [0.15, 0.2) is 0 Å². The number of ether oxygens (including phenoxy) is 2. The molecule has 1 aromatic carbocycles. The van der Waals surface area contributed by atoms with E-state index >= 15 is 0 Å². The number of aliphatic hydroxyl groups excluding tert-OH is 1. The van der Waals surface area contributed by atoms with Crippen molar-refractivity contribution in [2.24, 2.45) is 0 Å². The minimum atomic E-state index is -1.04. The van der Waals surface area contributed by atoms with Gasteiger partial charge in [0.1, 0.15) is 12.4 Å². The van der Waals surface area contributed by atoms with Crippen LogP contribution in [-0.4, -0.2) is 42.6 Å². The Bertz CT molecular complexity index is 380. The average Bonchev–Trinajstić information content (AvgIpc) is 2.30. The molecular weight excluding hydrogens is 226 g/mol. The van der Waals surface area contributed by atoms with Gasteiger partial charge < -0.3 is 25.4 Å². The lowest BCUT2D eigenvalue weighted by Gasteiger charge is -2.09. The van der Waals surface area contributed by atoms with Crippen molar-refractivity contribution >= 4 is 11.7 Å². The summed E-state index contributed by atoms with van der Waals surface area (Å²) in [5, 5.41) is 17.3. The number of hydrogen-bond acceptors (Lipinski definition) is 5. The molecule has 0 bridgehead atoms. The maximum atomic E-state index is 10.7. The van der Waals surface area contributed by atoms with Crippen LogP contribution in [0, 0.1) is 0 Å². The molecule has 0 aliphatic carbocycles. The molecule has 0 fully saturated rings. The highest BCUT2D eigenvalue weighted by Gasteiger charge is 2.07. The number of anilines is 1. The first-order valence-corrected chi connectivity index (χ1v) is 5.09. The number of carboxylic acids is 1. The van der Waals surface area contributed by atoms with E-state index in [0.29, 0.717) is 18.0 Å². The molecule has 6 heteroatoms. The third kappa shape index (κ3) is 4.29. The number of rotatable bonds is 7. The predicted molar refractivity (Wildman–Crippen MR) is 61.2 cm³/mol. The summed E-state index contributed by atoms with van der Waals surface area (Å²) >= 11 is 0. The molecule has 17 heavy (non-hydrogen) atoms. The Balaban J connectivity index is 2.51. The molecule has 0 saturated heterocycles. The van der Waals surface area contributed by atoms with Crippen LogP contribution in [0.4, 0.5) is 5.69 Å².